The van der Waals surface area contributed by atoms with E-state index in [9.17, 15) is 9.59 Å². The molecule has 0 radical (unpaired) electrons. The van der Waals surface area contributed by atoms with Gasteiger partial charge in [-0.15, -0.1) is 11.3 Å². The van der Waals surface area contributed by atoms with Crippen LogP contribution in [0.2, 0.25) is 0 Å². The molecule has 0 bridgehead atoms. The van der Waals surface area contributed by atoms with Crippen molar-refractivity contribution in [1.29, 1.82) is 0 Å². The lowest BCUT2D eigenvalue weighted by Gasteiger charge is -2.12. The number of thiophene rings is 1. The number of carbonyl (C=O) groups excluding carboxylic acids is 2. The standard InChI is InChI=1S/C19H15NO4S/c1-23-19(22)17-16(11-12-25-17)24-15-10-6-5-9-14(15)20-18(21)13-7-3-2-4-8-13/h2-12H,1H3,(H,20,21). The molecule has 1 amide bonds. The normalized spacial score (nSPS) is 10.1. The van der Waals surface area contributed by atoms with Gasteiger partial charge in [-0.2, -0.15) is 0 Å². The minimum absolute atomic E-state index is 0.241. The molecule has 0 atom stereocenters. The van der Waals surface area contributed by atoms with E-state index < -0.39 is 5.97 Å². The summed E-state index contributed by atoms with van der Waals surface area (Å²) in [5.74, 6) is 0.125. The van der Waals surface area contributed by atoms with E-state index in [1.165, 1.54) is 18.4 Å². The SMILES string of the molecule is COC(=O)c1sccc1Oc1ccccc1NC(=O)c1ccccc1. The number of esters is 1. The maximum absolute atomic E-state index is 12.4. The zero-order valence-electron chi connectivity index (χ0n) is 13.4. The molecular weight excluding hydrogens is 338 g/mol. The van der Waals surface area contributed by atoms with Crippen molar-refractivity contribution in [3.05, 3.63) is 76.5 Å². The van der Waals surface area contributed by atoms with Gasteiger partial charge in [-0.1, -0.05) is 30.3 Å². The Morgan fingerprint density at radius 2 is 1.64 bits per heavy atom. The summed E-state index contributed by atoms with van der Waals surface area (Å²) in [5.41, 5.74) is 1.06. The van der Waals surface area contributed by atoms with Crippen molar-refractivity contribution in [1.82, 2.24) is 0 Å². The van der Waals surface area contributed by atoms with E-state index in [1.54, 1.807) is 60.0 Å². The third-order valence-corrected chi connectivity index (χ3v) is 4.27. The molecule has 0 aliphatic heterocycles. The highest BCUT2D eigenvalue weighted by Gasteiger charge is 2.17. The minimum atomic E-state index is -0.462. The third kappa shape index (κ3) is 3.87. The number of methoxy groups -OCH3 is 1. The topological polar surface area (TPSA) is 64.6 Å². The fraction of sp³-hybridized carbons (Fsp3) is 0.0526. The first-order chi connectivity index (χ1) is 12.2. The molecule has 3 aromatic rings. The van der Waals surface area contributed by atoms with Gasteiger partial charge in [-0.3, -0.25) is 4.79 Å². The van der Waals surface area contributed by atoms with Crippen molar-refractivity contribution in [2.45, 2.75) is 0 Å². The maximum atomic E-state index is 12.4. The fourth-order valence-corrected chi connectivity index (χ4v) is 2.91. The van der Waals surface area contributed by atoms with Crippen LogP contribution in [0.25, 0.3) is 0 Å². The molecule has 0 saturated heterocycles. The summed E-state index contributed by atoms with van der Waals surface area (Å²) in [4.78, 5) is 24.5. The summed E-state index contributed by atoms with van der Waals surface area (Å²) in [7, 11) is 1.32. The van der Waals surface area contributed by atoms with Crippen LogP contribution in [0.4, 0.5) is 5.69 Å². The first-order valence-corrected chi connectivity index (χ1v) is 8.36. The van der Waals surface area contributed by atoms with Crippen LogP contribution in [-0.4, -0.2) is 19.0 Å². The van der Waals surface area contributed by atoms with Gasteiger partial charge in [-0.05, 0) is 35.7 Å². The molecule has 2 aromatic carbocycles. The van der Waals surface area contributed by atoms with Crippen molar-refractivity contribution in [2.24, 2.45) is 0 Å². The van der Waals surface area contributed by atoms with Gasteiger partial charge in [0.05, 0.1) is 12.8 Å². The molecule has 0 fully saturated rings. The lowest BCUT2D eigenvalue weighted by atomic mass is 10.2. The highest BCUT2D eigenvalue weighted by atomic mass is 32.1. The number of nitrogens with one attached hydrogen (secondary N) is 1. The number of hydrogen-bond acceptors (Lipinski definition) is 5. The molecule has 1 aromatic heterocycles. The third-order valence-electron chi connectivity index (χ3n) is 3.39. The van der Waals surface area contributed by atoms with Gasteiger partial charge in [0.15, 0.2) is 16.4 Å². The molecule has 0 unspecified atom stereocenters. The molecule has 25 heavy (non-hydrogen) atoms. The Morgan fingerprint density at radius 3 is 2.40 bits per heavy atom. The Kier molecular flexibility index (Phi) is 5.11. The predicted molar refractivity (Wildman–Crippen MR) is 96.6 cm³/mol. The highest BCUT2D eigenvalue weighted by molar-refractivity contribution is 7.12. The van der Waals surface area contributed by atoms with Crippen molar-refractivity contribution < 1.29 is 19.1 Å². The number of para-hydroxylation sites is 2. The lowest BCUT2D eigenvalue weighted by molar-refractivity contribution is 0.0603. The van der Waals surface area contributed by atoms with E-state index in [-0.39, 0.29) is 5.91 Å². The number of carbonyl (C=O) groups is 2. The number of amides is 1. The van der Waals surface area contributed by atoms with Gasteiger partial charge in [0.2, 0.25) is 0 Å². The Balaban J connectivity index is 1.84. The monoisotopic (exact) mass is 353 g/mol. The van der Waals surface area contributed by atoms with Crippen LogP contribution < -0.4 is 10.1 Å². The Hall–Kier alpha value is -3.12. The molecule has 5 nitrogen and oxygen atoms in total. The first kappa shape index (κ1) is 16.7. The molecule has 126 valence electrons. The van der Waals surface area contributed by atoms with Gasteiger partial charge >= 0.3 is 5.97 Å². The summed E-state index contributed by atoms with van der Waals surface area (Å²) in [5, 5.41) is 4.57. The number of ether oxygens (including phenoxy) is 2. The average molecular weight is 353 g/mol. The maximum Gasteiger partial charge on any atom is 0.351 e. The minimum Gasteiger partial charge on any atom is -0.465 e. The van der Waals surface area contributed by atoms with E-state index >= 15 is 0 Å². The largest absolute Gasteiger partial charge is 0.465 e. The second-order valence-electron chi connectivity index (χ2n) is 5.02. The molecule has 0 saturated carbocycles. The number of benzene rings is 2. The summed E-state index contributed by atoms with van der Waals surface area (Å²) in [6, 6.07) is 17.6. The Labute approximate surface area is 148 Å². The number of rotatable bonds is 5. The van der Waals surface area contributed by atoms with E-state index in [4.69, 9.17) is 9.47 Å². The van der Waals surface area contributed by atoms with Crippen LogP contribution in [0.5, 0.6) is 11.5 Å². The Bertz CT molecular complexity index is 889. The fourth-order valence-electron chi connectivity index (χ4n) is 2.18. The summed E-state index contributed by atoms with van der Waals surface area (Å²) >= 11 is 1.23. The Morgan fingerprint density at radius 1 is 0.920 bits per heavy atom. The first-order valence-electron chi connectivity index (χ1n) is 7.48. The van der Waals surface area contributed by atoms with E-state index in [0.29, 0.717) is 27.6 Å². The van der Waals surface area contributed by atoms with Crippen molar-refractivity contribution in [3.63, 3.8) is 0 Å². The average Bonchev–Trinajstić information content (AvgIpc) is 3.11. The zero-order valence-corrected chi connectivity index (χ0v) is 14.2. The van der Waals surface area contributed by atoms with Crippen molar-refractivity contribution in [3.8, 4) is 11.5 Å². The van der Waals surface area contributed by atoms with Gasteiger partial charge in [0.25, 0.3) is 5.91 Å². The van der Waals surface area contributed by atoms with Crippen LogP contribution in [0, 0.1) is 0 Å². The number of hydrogen-bond donors (Lipinski definition) is 1. The molecule has 3 rings (SSSR count). The number of anilines is 1. The van der Waals surface area contributed by atoms with Crippen LogP contribution in [0.15, 0.2) is 66.0 Å². The van der Waals surface area contributed by atoms with Gasteiger partial charge in [-0.25, -0.2) is 4.79 Å². The highest BCUT2D eigenvalue weighted by Crippen LogP contribution is 2.34. The van der Waals surface area contributed by atoms with E-state index in [2.05, 4.69) is 5.32 Å². The van der Waals surface area contributed by atoms with Crippen molar-refractivity contribution >= 4 is 28.9 Å². The summed E-state index contributed by atoms with van der Waals surface area (Å²) in [6.07, 6.45) is 0. The molecular formula is C19H15NO4S. The molecule has 0 spiro atoms. The van der Waals surface area contributed by atoms with Crippen LogP contribution in [-0.2, 0) is 4.74 Å². The second kappa shape index (κ2) is 7.63. The van der Waals surface area contributed by atoms with Crippen LogP contribution in [0.1, 0.15) is 20.0 Å². The summed E-state index contributed by atoms with van der Waals surface area (Å²) < 4.78 is 10.6. The molecule has 1 N–H and O–H groups in total. The quantitative estimate of drug-likeness (QED) is 0.682. The van der Waals surface area contributed by atoms with E-state index in [1.807, 2.05) is 6.07 Å². The van der Waals surface area contributed by atoms with Gasteiger partial charge < -0.3 is 14.8 Å². The van der Waals surface area contributed by atoms with E-state index in [0.717, 1.165) is 0 Å². The smallest absolute Gasteiger partial charge is 0.351 e. The van der Waals surface area contributed by atoms with Gasteiger partial charge in [0.1, 0.15) is 0 Å². The molecule has 6 heteroatoms. The van der Waals surface area contributed by atoms with Crippen LogP contribution >= 0.6 is 11.3 Å². The molecule has 0 aliphatic rings. The molecule has 0 aliphatic carbocycles. The second-order valence-corrected chi connectivity index (χ2v) is 5.94. The van der Waals surface area contributed by atoms with Crippen LogP contribution in [0.3, 0.4) is 0 Å². The van der Waals surface area contributed by atoms with Crippen molar-refractivity contribution in [2.75, 3.05) is 12.4 Å². The molecule has 1 heterocycles. The summed E-state index contributed by atoms with van der Waals surface area (Å²) in [6.45, 7) is 0. The predicted octanol–water partition coefficient (Wildman–Crippen LogP) is 4.58. The van der Waals surface area contributed by atoms with Gasteiger partial charge in [0, 0.05) is 5.56 Å². The lowest BCUT2D eigenvalue weighted by Crippen LogP contribution is -2.12. The zero-order chi connectivity index (χ0) is 17.6.